The van der Waals surface area contributed by atoms with Crippen molar-refractivity contribution >= 4 is 50.5 Å². The molecule has 0 aliphatic carbocycles. The Morgan fingerprint density at radius 3 is 2.91 bits per heavy atom. The molecule has 0 unspecified atom stereocenters. The van der Waals surface area contributed by atoms with Crippen molar-refractivity contribution in [3.05, 3.63) is 57.7 Å². The van der Waals surface area contributed by atoms with Gasteiger partial charge in [0, 0.05) is 23.1 Å². The lowest BCUT2D eigenvalue weighted by Crippen LogP contribution is -2.31. The predicted molar refractivity (Wildman–Crippen MR) is 89.2 cm³/mol. The number of aromatic nitrogens is 2. The van der Waals surface area contributed by atoms with Crippen LogP contribution in [0.25, 0.3) is 5.65 Å². The second-order valence-corrected chi connectivity index (χ2v) is 5.91. The molecule has 0 fully saturated rings. The molecular formula is C14H10BrClFN5O. The highest BCUT2D eigenvalue weighted by Gasteiger charge is 2.19. The van der Waals surface area contributed by atoms with Gasteiger partial charge in [-0.05, 0) is 18.2 Å². The molecule has 0 saturated carbocycles. The van der Waals surface area contributed by atoms with E-state index in [-0.39, 0.29) is 22.0 Å². The Balaban J connectivity index is 2.17. The fourth-order valence-corrected chi connectivity index (χ4v) is 2.75. The average molecular weight is 399 g/mol. The molecule has 0 saturated heterocycles. The summed E-state index contributed by atoms with van der Waals surface area (Å²) < 4.78 is 16.2. The van der Waals surface area contributed by atoms with Crippen molar-refractivity contribution in [2.75, 3.05) is 5.32 Å². The van der Waals surface area contributed by atoms with E-state index in [0.29, 0.717) is 10.1 Å². The molecule has 3 aromatic rings. The fraction of sp³-hybridized carbons (Fsp3) is 0. The predicted octanol–water partition coefficient (Wildman–Crippen LogP) is 3.24. The maximum absolute atomic E-state index is 14.1. The summed E-state index contributed by atoms with van der Waals surface area (Å²) in [6.07, 6.45) is 4.68. The van der Waals surface area contributed by atoms with Crippen LogP contribution in [0, 0.1) is 5.82 Å². The van der Waals surface area contributed by atoms with Crippen LogP contribution in [0.2, 0.25) is 5.02 Å². The quantitative estimate of drug-likeness (QED) is 0.359. The van der Waals surface area contributed by atoms with Crippen LogP contribution in [0.1, 0.15) is 10.4 Å². The molecule has 4 N–H and O–H groups in total. The molecule has 0 aliphatic rings. The van der Waals surface area contributed by atoms with Crippen molar-refractivity contribution in [1.82, 2.24) is 14.8 Å². The monoisotopic (exact) mass is 397 g/mol. The van der Waals surface area contributed by atoms with Gasteiger partial charge in [-0.25, -0.2) is 15.2 Å². The minimum atomic E-state index is -0.567. The molecule has 1 amide bonds. The number of nitrogens with two attached hydrogens (primary N) is 1. The number of anilines is 2. The number of carbonyl (C=O) groups is 1. The third-order valence-corrected chi connectivity index (χ3v) is 4.04. The molecule has 0 aliphatic heterocycles. The zero-order chi connectivity index (χ0) is 16.6. The topological polar surface area (TPSA) is 84.5 Å². The maximum Gasteiger partial charge on any atom is 0.268 e. The van der Waals surface area contributed by atoms with Gasteiger partial charge in [-0.2, -0.15) is 0 Å². The SMILES string of the molecule is NNC(=O)c1cn2ccnc2c(Cl)c1Nc1ccc(Br)cc1F. The number of nitrogens with zero attached hydrogens (tertiary/aromatic N) is 2. The molecule has 1 aromatic carbocycles. The van der Waals surface area contributed by atoms with Crippen molar-refractivity contribution in [3.63, 3.8) is 0 Å². The maximum atomic E-state index is 14.1. The number of amides is 1. The molecule has 3 rings (SSSR count). The number of hydrazine groups is 1. The smallest absolute Gasteiger partial charge is 0.268 e. The van der Waals surface area contributed by atoms with E-state index in [2.05, 4.69) is 26.2 Å². The second-order valence-electron chi connectivity index (χ2n) is 4.61. The number of pyridine rings is 1. The lowest BCUT2D eigenvalue weighted by molar-refractivity contribution is 0.0954. The number of halogens is 3. The number of carbonyl (C=O) groups excluding carboxylic acids is 1. The Labute approximate surface area is 143 Å². The number of rotatable bonds is 3. The van der Waals surface area contributed by atoms with Gasteiger partial charge < -0.3 is 9.72 Å². The minimum absolute atomic E-state index is 0.158. The number of nitrogens with one attached hydrogen (secondary N) is 2. The highest BCUT2D eigenvalue weighted by molar-refractivity contribution is 9.10. The summed E-state index contributed by atoms with van der Waals surface area (Å²) in [5.41, 5.74) is 3.01. The Hall–Kier alpha value is -2.16. The molecule has 6 nitrogen and oxygen atoms in total. The number of nitrogen functional groups attached to an aromatic ring is 1. The van der Waals surface area contributed by atoms with E-state index in [1.54, 1.807) is 16.7 Å². The van der Waals surface area contributed by atoms with Crippen LogP contribution in [0.5, 0.6) is 0 Å². The Morgan fingerprint density at radius 1 is 1.43 bits per heavy atom. The van der Waals surface area contributed by atoms with Crippen molar-refractivity contribution in [1.29, 1.82) is 0 Å². The summed E-state index contributed by atoms with van der Waals surface area (Å²) in [5.74, 6) is 4.14. The summed E-state index contributed by atoms with van der Waals surface area (Å²) in [5, 5.41) is 3.02. The standard InChI is InChI=1S/C14H10BrClFN5O/c15-7-1-2-10(9(17)5-7)20-12-8(14(23)21-18)6-22-4-3-19-13(22)11(12)16/h1-6,20H,18H2,(H,21,23). The van der Waals surface area contributed by atoms with E-state index in [1.807, 2.05) is 5.43 Å². The Bertz CT molecular complexity index is 914. The normalized spacial score (nSPS) is 10.8. The second kappa shape index (κ2) is 6.15. The zero-order valence-electron chi connectivity index (χ0n) is 11.5. The zero-order valence-corrected chi connectivity index (χ0v) is 13.8. The lowest BCUT2D eigenvalue weighted by Gasteiger charge is -2.15. The van der Waals surface area contributed by atoms with Gasteiger partial charge in [0.05, 0.1) is 16.9 Å². The highest BCUT2D eigenvalue weighted by Crippen LogP contribution is 2.33. The van der Waals surface area contributed by atoms with Crippen molar-refractivity contribution in [3.8, 4) is 0 Å². The molecule has 0 radical (unpaired) electrons. The van der Waals surface area contributed by atoms with Gasteiger partial charge in [-0.15, -0.1) is 0 Å². The average Bonchev–Trinajstić information content (AvgIpc) is 3.00. The summed E-state index contributed by atoms with van der Waals surface area (Å²) in [4.78, 5) is 16.1. The lowest BCUT2D eigenvalue weighted by atomic mass is 10.2. The van der Waals surface area contributed by atoms with Crippen molar-refractivity contribution in [2.24, 2.45) is 5.84 Å². The summed E-state index contributed by atoms with van der Waals surface area (Å²) in [6.45, 7) is 0. The van der Waals surface area contributed by atoms with Gasteiger partial charge in [0.1, 0.15) is 10.8 Å². The van der Waals surface area contributed by atoms with Gasteiger partial charge in [-0.3, -0.25) is 10.2 Å². The molecular weight excluding hydrogens is 389 g/mol. The molecule has 0 spiro atoms. The van der Waals surface area contributed by atoms with Gasteiger partial charge in [-0.1, -0.05) is 27.5 Å². The van der Waals surface area contributed by atoms with Crippen molar-refractivity contribution in [2.45, 2.75) is 0 Å². The summed E-state index contributed by atoms with van der Waals surface area (Å²) in [7, 11) is 0. The number of hydrogen-bond acceptors (Lipinski definition) is 4. The summed E-state index contributed by atoms with van der Waals surface area (Å²) in [6, 6.07) is 4.48. The number of hydrogen-bond donors (Lipinski definition) is 3. The number of imidazole rings is 1. The first kappa shape index (κ1) is 15.7. The number of fused-ring (bicyclic) bond motifs is 1. The molecule has 0 bridgehead atoms. The van der Waals surface area contributed by atoms with E-state index in [1.165, 1.54) is 24.5 Å². The van der Waals surface area contributed by atoms with Crippen LogP contribution >= 0.6 is 27.5 Å². The Kier molecular flexibility index (Phi) is 4.20. The van der Waals surface area contributed by atoms with E-state index < -0.39 is 11.7 Å². The van der Waals surface area contributed by atoms with Crippen LogP contribution in [0.3, 0.4) is 0 Å². The summed E-state index contributed by atoms with van der Waals surface area (Å²) >= 11 is 9.51. The van der Waals surface area contributed by atoms with Crippen LogP contribution in [-0.4, -0.2) is 15.3 Å². The third kappa shape index (κ3) is 2.88. The molecule has 2 aromatic heterocycles. The third-order valence-electron chi connectivity index (χ3n) is 3.19. The largest absolute Gasteiger partial charge is 0.351 e. The first-order chi connectivity index (χ1) is 11.0. The van der Waals surface area contributed by atoms with Crippen molar-refractivity contribution < 1.29 is 9.18 Å². The fourth-order valence-electron chi connectivity index (χ4n) is 2.12. The van der Waals surface area contributed by atoms with Gasteiger partial charge in [0.2, 0.25) is 0 Å². The van der Waals surface area contributed by atoms with Gasteiger partial charge in [0.15, 0.2) is 5.65 Å². The highest BCUT2D eigenvalue weighted by atomic mass is 79.9. The Morgan fingerprint density at radius 2 is 2.22 bits per heavy atom. The molecule has 0 atom stereocenters. The van der Waals surface area contributed by atoms with E-state index in [4.69, 9.17) is 17.4 Å². The molecule has 9 heteroatoms. The van der Waals surface area contributed by atoms with Crippen LogP contribution < -0.4 is 16.6 Å². The van der Waals surface area contributed by atoms with E-state index in [0.717, 1.165) is 0 Å². The molecule has 2 heterocycles. The van der Waals surface area contributed by atoms with Crippen LogP contribution in [0.15, 0.2) is 41.3 Å². The first-order valence-electron chi connectivity index (χ1n) is 6.39. The number of benzene rings is 1. The van der Waals surface area contributed by atoms with Gasteiger partial charge >= 0.3 is 0 Å². The van der Waals surface area contributed by atoms with Crippen LogP contribution in [0.4, 0.5) is 15.8 Å². The first-order valence-corrected chi connectivity index (χ1v) is 7.56. The van der Waals surface area contributed by atoms with Crippen LogP contribution in [-0.2, 0) is 0 Å². The van der Waals surface area contributed by atoms with Gasteiger partial charge in [0.25, 0.3) is 5.91 Å². The van der Waals surface area contributed by atoms with E-state index in [9.17, 15) is 9.18 Å². The minimum Gasteiger partial charge on any atom is -0.351 e. The molecule has 118 valence electrons. The molecule has 23 heavy (non-hydrogen) atoms. The van der Waals surface area contributed by atoms with E-state index >= 15 is 0 Å².